The predicted molar refractivity (Wildman–Crippen MR) is 55.9 cm³/mol. The van der Waals surface area contributed by atoms with Crippen LogP contribution >= 0.6 is 0 Å². The van der Waals surface area contributed by atoms with Gasteiger partial charge in [-0.15, -0.1) is 0 Å². The van der Waals surface area contributed by atoms with Gasteiger partial charge in [0.15, 0.2) is 0 Å². The van der Waals surface area contributed by atoms with Gasteiger partial charge in [0.25, 0.3) is 5.91 Å². The van der Waals surface area contributed by atoms with E-state index < -0.39 is 11.7 Å². The van der Waals surface area contributed by atoms with Crippen LogP contribution in [0.3, 0.4) is 0 Å². The number of benzene rings is 1. The Labute approximate surface area is 91.1 Å². The molecule has 3 nitrogen and oxygen atoms in total. The zero-order valence-corrected chi connectivity index (χ0v) is 8.26. The summed E-state index contributed by atoms with van der Waals surface area (Å²) in [6.45, 7) is 0. The van der Waals surface area contributed by atoms with Crippen LogP contribution in [0.25, 0.3) is 0 Å². The molecule has 0 N–H and O–H groups in total. The zero-order valence-electron chi connectivity index (χ0n) is 8.26. The molecule has 0 saturated heterocycles. The SMILES string of the molecule is O=Cc1ccc(F)c(C(=O)n2cccc2)c1. The van der Waals surface area contributed by atoms with E-state index in [4.69, 9.17) is 0 Å². The Morgan fingerprint density at radius 2 is 1.94 bits per heavy atom. The quantitative estimate of drug-likeness (QED) is 0.723. The number of carbonyl (C=O) groups is 2. The molecule has 4 heteroatoms. The minimum absolute atomic E-state index is 0.110. The molecule has 1 aromatic heterocycles. The third-order valence-electron chi connectivity index (χ3n) is 2.20. The van der Waals surface area contributed by atoms with Crippen LogP contribution in [0, 0.1) is 5.82 Å². The van der Waals surface area contributed by atoms with Crippen molar-refractivity contribution in [2.45, 2.75) is 0 Å². The minimum atomic E-state index is -0.635. The van der Waals surface area contributed by atoms with Crippen molar-refractivity contribution in [3.63, 3.8) is 0 Å². The zero-order chi connectivity index (χ0) is 11.5. The molecule has 1 heterocycles. The van der Waals surface area contributed by atoms with Crippen molar-refractivity contribution < 1.29 is 14.0 Å². The first kappa shape index (κ1) is 10.3. The Morgan fingerprint density at radius 1 is 1.25 bits per heavy atom. The molecule has 0 saturated carbocycles. The summed E-state index contributed by atoms with van der Waals surface area (Å²) in [5.74, 6) is -1.13. The number of aldehydes is 1. The summed E-state index contributed by atoms with van der Waals surface area (Å²) in [4.78, 5) is 22.3. The fourth-order valence-electron chi connectivity index (χ4n) is 1.39. The predicted octanol–water partition coefficient (Wildman–Crippen LogP) is 2.13. The average molecular weight is 217 g/mol. The Bertz CT molecular complexity index is 532. The number of halogens is 1. The maximum Gasteiger partial charge on any atom is 0.264 e. The fourth-order valence-corrected chi connectivity index (χ4v) is 1.39. The lowest BCUT2D eigenvalue weighted by Gasteiger charge is -2.03. The fraction of sp³-hybridized carbons (Fsp3) is 0. The highest BCUT2D eigenvalue weighted by molar-refractivity contribution is 5.97. The molecule has 0 unspecified atom stereocenters. The molecular weight excluding hydrogens is 209 g/mol. The summed E-state index contributed by atoms with van der Waals surface area (Å²) < 4.78 is 14.7. The van der Waals surface area contributed by atoms with Gasteiger partial charge in [0, 0.05) is 18.0 Å². The Balaban J connectivity index is 2.47. The molecule has 1 aromatic carbocycles. The van der Waals surface area contributed by atoms with Gasteiger partial charge < -0.3 is 0 Å². The Morgan fingerprint density at radius 3 is 2.56 bits per heavy atom. The summed E-state index contributed by atoms with van der Waals surface area (Å²) in [5.41, 5.74) is 0.165. The van der Waals surface area contributed by atoms with Crippen LogP contribution in [0.2, 0.25) is 0 Å². The van der Waals surface area contributed by atoms with E-state index in [1.54, 1.807) is 12.1 Å². The van der Waals surface area contributed by atoms with Crippen LogP contribution in [0.5, 0.6) is 0 Å². The van der Waals surface area contributed by atoms with E-state index in [2.05, 4.69) is 0 Å². The molecule has 0 fully saturated rings. The lowest BCUT2D eigenvalue weighted by molar-refractivity contribution is 0.0956. The maximum atomic E-state index is 13.4. The molecule has 0 atom stereocenters. The van der Waals surface area contributed by atoms with Gasteiger partial charge in [0.1, 0.15) is 12.1 Å². The van der Waals surface area contributed by atoms with Crippen LogP contribution in [0.4, 0.5) is 4.39 Å². The Hall–Kier alpha value is -2.23. The molecule has 0 bridgehead atoms. The minimum Gasteiger partial charge on any atom is -0.298 e. The number of hydrogen-bond donors (Lipinski definition) is 0. The smallest absolute Gasteiger partial charge is 0.264 e. The second kappa shape index (κ2) is 4.10. The number of rotatable bonds is 2. The molecule has 0 aliphatic heterocycles. The van der Waals surface area contributed by atoms with Gasteiger partial charge in [-0.3, -0.25) is 14.2 Å². The summed E-state index contributed by atoms with van der Waals surface area (Å²) in [6, 6.07) is 7.01. The van der Waals surface area contributed by atoms with Gasteiger partial charge in [-0.2, -0.15) is 0 Å². The first-order valence-electron chi connectivity index (χ1n) is 4.65. The molecule has 0 aliphatic carbocycles. The van der Waals surface area contributed by atoms with Gasteiger partial charge >= 0.3 is 0 Å². The molecule has 16 heavy (non-hydrogen) atoms. The summed E-state index contributed by atoms with van der Waals surface area (Å²) in [7, 11) is 0. The Kier molecular flexibility index (Phi) is 2.64. The number of carbonyl (C=O) groups excluding carboxylic acids is 2. The maximum absolute atomic E-state index is 13.4. The van der Waals surface area contributed by atoms with Crippen LogP contribution in [0.1, 0.15) is 20.7 Å². The normalized spacial score (nSPS) is 10.1. The van der Waals surface area contributed by atoms with Gasteiger partial charge in [-0.1, -0.05) is 0 Å². The van der Waals surface area contributed by atoms with Crippen LogP contribution < -0.4 is 0 Å². The lowest BCUT2D eigenvalue weighted by Crippen LogP contribution is -2.12. The van der Waals surface area contributed by atoms with Gasteiger partial charge in [0.05, 0.1) is 5.56 Å². The molecular formula is C12H8FNO2. The van der Waals surface area contributed by atoms with E-state index in [9.17, 15) is 14.0 Å². The monoisotopic (exact) mass is 217 g/mol. The molecule has 0 aliphatic rings. The molecule has 0 radical (unpaired) electrons. The van der Waals surface area contributed by atoms with E-state index >= 15 is 0 Å². The lowest BCUT2D eigenvalue weighted by atomic mass is 10.1. The topological polar surface area (TPSA) is 39.1 Å². The third kappa shape index (κ3) is 1.77. The largest absolute Gasteiger partial charge is 0.298 e. The second-order valence-electron chi connectivity index (χ2n) is 3.25. The number of hydrogen-bond acceptors (Lipinski definition) is 2. The highest BCUT2D eigenvalue weighted by Crippen LogP contribution is 2.11. The van der Waals surface area contributed by atoms with E-state index in [1.165, 1.54) is 29.1 Å². The summed E-state index contributed by atoms with van der Waals surface area (Å²) in [6.07, 6.45) is 3.62. The average Bonchev–Trinajstić information content (AvgIpc) is 2.82. The molecule has 80 valence electrons. The van der Waals surface area contributed by atoms with Crippen molar-refractivity contribution in [1.82, 2.24) is 4.57 Å². The third-order valence-corrected chi connectivity index (χ3v) is 2.20. The highest BCUT2D eigenvalue weighted by atomic mass is 19.1. The van der Waals surface area contributed by atoms with E-state index in [0.29, 0.717) is 6.29 Å². The number of aromatic nitrogens is 1. The van der Waals surface area contributed by atoms with Crippen molar-refractivity contribution >= 4 is 12.2 Å². The van der Waals surface area contributed by atoms with E-state index in [-0.39, 0.29) is 11.1 Å². The molecule has 2 rings (SSSR count). The van der Waals surface area contributed by atoms with Gasteiger partial charge in [0.2, 0.25) is 0 Å². The van der Waals surface area contributed by atoms with Crippen molar-refractivity contribution in [1.29, 1.82) is 0 Å². The van der Waals surface area contributed by atoms with Crippen LogP contribution in [-0.2, 0) is 0 Å². The first-order chi connectivity index (χ1) is 7.72. The van der Waals surface area contributed by atoms with Crippen molar-refractivity contribution in [3.8, 4) is 0 Å². The van der Waals surface area contributed by atoms with Gasteiger partial charge in [-0.05, 0) is 30.3 Å². The van der Waals surface area contributed by atoms with Crippen molar-refractivity contribution in [2.75, 3.05) is 0 Å². The standard InChI is InChI=1S/C12H8FNO2/c13-11-4-3-9(8-15)7-10(11)12(16)14-5-1-2-6-14/h1-8H. The second-order valence-corrected chi connectivity index (χ2v) is 3.25. The van der Waals surface area contributed by atoms with E-state index in [1.807, 2.05) is 0 Å². The van der Waals surface area contributed by atoms with E-state index in [0.717, 1.165) is 6.07 Å². The van der Waals surface area contributed by atoms with Gasteiger partial charge in [-0.25, -0.2) is 4.39 Å². The molecule has 2 aromatic rings. The highest BCUT2D eigenvalue weighted by Gasteiger charge is 2.13. The van der Waals surface area contributed by atoms with Crippen LogP contribution in [-0.4, -0.2) is 16.8 Å². The number of nitrogens with zero attached hydrogens (tertiary/aromatic N) is 1. The van der Waals surface area contributed by atoms with Crippen molar-refractivity contribution in [3.05, 3.63) is 59.7 Å². The summed E-state index contributed by atoms with van der Waals surface area (Å²) in [5, 5.41) is 0. The molecule has 0 amide bonds. The van der Waals surface area contributed by atoms with Crippen molar-refractivity contribution in [2.24, 2.45) is 0 Å². The summed E-state index contributed by atoms with van der Waals surface area (Å²) >= 11 is 0. The van der Waals surface area contributed by atoms with Crippen LogP contribution in [0.15, 0.2) is 42.7 Å². The molecule has 0 spiro atoms. The first-order valence-corrected chi connectivity index (χ1v) is 4.65.